The molecule has 17 heavy (non-hydrogen) atoms. The highest BCUT2D eigenvalue weighted by molar-refractivity contribution is 4.78. The van der Waals surface area contributed by atoms with E-state index in [-0.39, 0.29) is 0 Å². The molecule has 0 saturated carbocycles. The van der Waals surface area contributed by atoms with Crippen molar-refractivity contribution in [1.82, 2.24) is 5.32 Å². The first kappa shape index (κ1) is 16.9. The van der Waals surface area contributed by atoms with Gasteiger partial charge in [-0.15, -0.1) is 0 Å². The van der Waals surface area contributed by atoms with Crippen molar-refractivity contribution >= 4 is 0 Å². The molecular weight excluding hydrogens is 214 g/mol. The monoisotopic (exact) mass is 245 g/mol. The van der Waals surface area contributed by atoms with Gasteiger partial charge in [0.25, 0.3) is 0 Å². The highest BCUT2D eigenvalue weighted by Crippen LogP contribution is 2.31. The molecule has 0 radical (unpaired) electrons. The minimum Gasteiger partial charge on any atom is -0.382 e. The highest BCUT2D eigenvalue weighted by Gasteiger charge is 2.24. The van der Waals surface area contributed by atoms with E-state index in [4.69, 9.17) is 9.47 Å². The van der Waals surface area contributed by atoms with Crippen molar-refractivity contribution in [2.45, 2.75) is 46.5 Å². The van der Waals surface area contributed by atoms with E-state index in [1.807, 2.05) is 0 Å². The molecule has 0 bridgehead atoms. The van der Waals surface area contributed by atoms with Crippen LogP contribution < -0.4 is 5.32 Å². The molecule has 0 fully saturated rings. The second-order valence-electron chi connectivity index (χ2n) is 4.70. The second kappa shape index (κ2) is 11.0. The molecule has 0 aromatic heterocycles. The summed E-state index contributed by atoms with van der Waals surface area (Å²) in [6, 6.07) is 0. The van der Waals surface area contributed by atoms with Crippen LogP contribution in [0.4, 0.5) is 0 Å². The third kappa shape index (κ3) is 7.74. The van der Waals surface area contributed by atoms with Gasteiger partial charge in [-0.05, 0) is 37.6 Å². The van der Waals surface area contributed by atoms with Gasteiger partial charge >= 0.3 is 0 Å². The van der Waals surface area contributed by atoms with E-state index in [1.165, 1.54) is 19.3 Å². The Hall–Kier alpha value is -0.120. The molecule has 0 saturated heterocycles. The zero-order valence-electron chi connectivity index (χ0n) is 12.2. The highest BCUT2D eigenvalue weighted by atomic mass is 16.5. The largest absolute Gasteiger partial charge is 0.382 e. The molecule has 104 valence electrons. The van der Waals surface area contributed by atoms with Crippen molar-refractivity contribution in [3.8, 4) is 0 Å². The average molecular weight is 245 g/mol. The SMILES string of the molecule is CCNCC(CC)(CC)CCCOCCOC. The van der Waals surface area contributed by atoms with Crippen LogP contribution in [0.15, 0.2) is 0 Å². The Labute approximate surface area is 107 Å². The van der Waals surface area contributed by atoms with Gasteiger partial charge in [0.2, 0.25) is 0 Å². The molecule has 3 nitrogen and oxygen atoms in total. The quantitative estimate of drug-likeness (QED) is 0.536. The van der Waals surface area contributed by atoms with Crippen molar-refractivity contribution in [3.05, 3.63) is 0 Å². The molecule has 0 amide bonds. The maximum Gasteiger partial charge on any atom is 0.0700 e. The fourth-order valence-electron chi connectivity index (χ4n) is 2.13. The number of methoxy groups -OCH3 is 1. The van der Waals surface area contributed by atoms with Gasteiger partial charge in [0.1, 0.15) is 0 Å². The molecule has 0 aliphatic heterocycles. The molecule has 0 rings (SSSR count). The van der Waals surface area contributed by atoms with Crippen LogP contribution in [0, 0.1) is 5.41 Å². The lowest BCUT2D eigenvalue weighted by molar-refractivity contribution is 0.0624. The first-order valence-corrected chi connectivity index (χ1v) is 7.02. The van der Waals surface area contributed by atoms with Gasteiger partial charge in [0.15, 0.2) is 0 Å². The van der Waals surface area contributed by atoms with Crippen LogP contribution in [0.2, 0.25) is 0 Å². The summed E-state index contributed by atoms with van der Waals surface area (Å²) in [5, 5.41) is 3.49. The van der Waals surface area contributed by atoms with Gasteiger partial charge in [-0.25, -0.2) is 0 Å². The lowest BCUT2D eigenvalue weighted by Crippen LogP contribution is -2.33. The summed E-state index contributed by atoms with van der Waals surface area (Å²) in [6.45, 7) is 11.2. The van der Waals surface area contributed by atoms with Crippen molar-refractivity contribution in [3.63, 3.8) is 0 Å². The smallest absolute Gasteiger partial charge is 0.0700 e. The summed E-state index contributed by atoms with van der Waals surface area (Å²) in [5.74, 6) is 0. The van der Waals surface area contributed by atoms with Crippen molar-refractivity contribution in [2.24, 2.45) is 5.41 Å². The summed E-state index contributed by atoms with van der Waals surface area (Å²) < 4.78 is 10.5. The van der Waals surface area contributed by atoms with E-state index >= 15 is 0 Å². The number of hydrogen-bond acceptors (Lipinski definition) is 3. The van der Waals surface area contributed by atoms with Crippen LogP contribution in [-0.4, -0.2) is 40.0 Å². The predicted molar refractivity (Wildman–Crippen MR) is 73.5 cm³/mol. The normalized spacial score (nSPS) is 12.0. The Bertz CT molecular complexity index is 158. The topological polar surface area (TPSA) is 30.5 Å². The first-order valence-electron chi connectivity index (χ1n) is 7.02. The molecule has 0 aliphatic carbocycles. The molecule has 0 aromatic carbocycles. The summed E-state index contributed by atoms with van der Waals surface area (Å²) in [6.07, 6.45) is 4.89. The Balaban J connectivity index is 3.75. The number of ether oxygens (including phenoxy) is 2. The van der Waals surface area contributed by atoms with Gasteiger partial charge in [0.05, 0.1) is 13.2 Å². The Kier molecular flexibility index (Phi) is 10.9. The van der Waals surface area contributed by atoms with E-state index < -0.39 is 0 Å². The fourth-order valence-corrected chi connectivity index (χ4v) is 2.13. The van der Waals surface area contributed by atoms with Gasteiger partial charge in [-0.2, -0.15) is 0 Å². The third-order valence-corrected chi connectivity index (χ3v) is 3.68. The predicted octanol–water partition coefficient (Wildman–Crippen LogP) is 2.85. The van der Waals surface area contributed by atoms with Crippen LogP contribution in [-0.2, 0) is 9.47 Å². The standard InChI is InChI=1S/C14H31NO2/c1-5-14(6-2,13-15-7-3)9-8-10-17-12-11-16-4/h15H,5-13H2,1-4H3. The molecule has 0 aliphatic rings. The molecule has 0 unspecified atom stereocenters. The van der Waals surface area contributed by atoms with Crippen LogP contribution in [0.25, 0.3) is 0 Å². The zero-order chi connectivity index (χ0) is 13.0. The Morgan fingerprint density at radius 2 is 1.71 bits per heavy atom. The molecule has 3 heteroatoms. The van der Waals surface area contributed by atoms with Crippen molar-refractivity contribution in [1.29, 1.82) is 0 Å². The van der Waals surface area contributed by atoms with E-state index in [1.54, 1.807) is 7.11 Å². The van der Waals surface area contributed by atoms with Crippen LogP contribution in [0.5, 0.6) is 0 Å². The summed E-state index contributed by atoms with van der Waals surface area (Å²) in [4.78, 5) is 0. The van der Waals surface area contributed by atoms with E-state index in [9.17, 15) is 0 Å². The minimum absolute atomic E-state index is 0.459. The van der Waals surface area contributed by atoms with Crippen LogP contribution in [0.3, 0.4) is 0 Å². The third-order valence-electron chi connectivity index (χ3n) is 3.68. The number of hydrogen-bond donors (Lipinski definition) is 1. The molecule has 0 heterocycles. The second-order valence-corrected chi connectivity index (χ2v) is 4.70. The lowest BCUT2D eigenvalue weighted by Gasteiger charge is -2.32. The van der Waals surface area contributed by atoms with Gasteiger partial charge in [-0.3, -0.25) is 0 Å². The summed E-state index contributed by atoms with van der Waals surface area (Å²) >= 11 is 0. The van der Waals surface area contributed by atoms with E-state index in [0.717, 1.165) is 32.7 Å². The summed E-state index contributed by atoms with van der Waals surface area (Å²) in [5.41, 5.74) is 0.459. The minimum atomic E-state index is 0.459. The summed E-state index contributed by atoms with van der Waals surface area (Å²) in [7, 11) is 1.71. The zero-order valence-corrected chi connectivity index (χ0v) is 12.2. The maximum atomic E-state index is 5.52. The van der Waals surface area contributed by atoms with Crippen molar-refractivity contribution in [2.75, 3.05) is 40.0 Å². The Morgan fingerprint density at radius 3 is 2.24 bits per heavy atom. The van der Waals surface area contributed by atoms with Gasteiger partial charge in [-0.1, -0.05) is 20.8 Å². The van der Waals surface area contributed by atoms with Crippen LogP contribution in [0.1, 0.15) is 46.5 Å². The van der Waals surface area contributed by atoms with Crippen molar-refractivity contribution < 1.29 is 9.47 Å². The van der Waals surface area contributed by atoms with Gasteiger partial charge in [0, 0.05) is 20.3 Å². The van der Waals surface area contributed by atoms with Gasteiger partial charge < -0.3 is 14.8 Å². The maximum absolute atomic E-state index is 5.52. The number of nitrogens with one attached hydrogen (secondary N) is 1. The molecule has 0 spiro atoms. The van der Waals surface area contributed by atoms with Crippen LogP contribution >= 0.6 is 0 Å². The first-order chi connectivity index (χ1) is 8.24. The molecular formula is C14H31NO2. The molecule has 1 N–H and O–H groups in total. The van der Waals surface area contributed by atoms with E-state index in [2.05, 4.69) is 26.1 Å². The Morgan fingerprint density at radius 1 is 1.00 bits per heavy atom. The molecule has 0 aromatic rings. The fraction of sp³-hybridized carbons (Fsp3) is 1.00. The van der Waals surface area contributed by atoms with E-state index in [0.29, 0.717) is 12.0 Å². The number of rotatable bonds is 12. The lowest BCUT2D eigenvalue weighted by atomic mass is 9.78. The molecule has 0 atom stereocenters. The average Bonchev–Trinajstić information content (AvgIpc) is 2.38.